The number of hydrogen-bond donors (Lipinski definition) is 1. The first-order valence-electron chi connectivity index (χ1n) is 11.4. The van der Waals surface area contributed by atoms with Gasteiger partial charge in [0.1, 0.15) is 24.1 Å². The summed E-state index contributed by atoms with van der Waals surface area (Å²) in [6, 6.07) is 7.77. The molecule has 0 spiro atoms. The maximum Gasteiger partial charge on any atom is 0.135 e. The van der Waals surface area contributed by atoms with E-state index in [4.69, 9.17) is 4.74 Å². The predicted octanol–water partition coefficient (Wildman–Crippen LogP) is 5.39. The van der Waals surface area contributed by atoms with Crippen LogP contribution in [0.1, 0.15) is 32.4 Å². The highest BCUT2D eigenvalue weighted by Crippen LogP contribution is 2.35. The van der Waals surface area contributed by atoms with Gasteiger partial charge in [0.2, 0.25) is 0 Å². The summed E-state index contributed by atoms with van der Waals surface area (Å²) in [4.78, 5) is 15.2. The number of morpholine rings is 1. The summed E-state index contributed by atoms with van der Waals surface area (Å²) < 4.78 is 35.3. The minimum atomic E-state index is -1.39. The van der Waals surface area contributed by atoms with E-state index in [2.05, 4.69) is 26.4 Å². The first-order valence-corrected chi connectivity index (χ1v) is 11.4. The van der Waals surface area contributed by atoms with Crippen LogP contribution in [0.5, 0.6) is 0 Å². The van der Waals surface area contributed by atoms with E-state index in [0.717, 1.165) is 24.8 Å². The van der Waals surface area contributed by atoms with E-state index >= 15 is 4.39 Å². The van der Waals surface area contributed by atoms with E-state index < -0.39 is 17.7 Å². The van der Waals surface area contributed by atoms with Crippen LogP contribution in [0.15, 0.2) is 65.1 Å². The van der Waals surface area contributed by atoms with Gasteiger partial charge in [-0.3, -0.25) is 4.99 Å². The largest absolute Gasteiger partial charge is 0.382 e. The number of hydrogen-bond acceptors (Lipinski definition) is 6. The lowest BCUT2D eigenvalue weighted by Gasteiger charge is -2.29. The van der Waals surface area contributed by atoms with Crippen molar-refractivity contribution < 1.29 is 18.6 Å². The van der Waals surface area contributed by atoms with Crippen molar-refractivity contribution in [3.63, 3.8) is 0 Å². The molecule has 3 aromatic rings. The molecule has 4 rings (SSSR count). The van der Waals surface area contributed by atoms with Gasteiger partial charge >= 0.3 is 0 Å². The number of aliphatic imine (C=N–C) groups is 1. The number of rotatable bonds is 6. The summed E-state index contributed by atoms with van der Waals surface area (Å²) in [5.74, 6) is -1.64. The topological polar surface area (TPSA) is 70.8 Å². The van der Waals surface area contributed by atoms with E-state index in [1.165, 1.54) is 18.6 Å². The van der Waals surface area contributed by atoms with Crippen molar-refractivity contribution in [3.05, 3.63) is 77.3 Å². The number of benzene rings is 2. The fourth-order valence-corrected chi connectivity index (χ4v) is 4.04. The first kappa shape index (κ1) is 24.6. The Morgan fingerprint density at radius 1 is 1.11 bits per heavy atom. The molecule has 1 aliphatic heterocycles. The monoisotopic (exact) mass is 478 g/mol. The molecule has 6 nitrogen and oxygen atoms in total. The van der Waals surface area contributed by atoms with Gasteiger partial charge in [0.15, 0.2) is 0 Å². The minimum Gasteiger partial charge on any atom is -0.382 e. The Morgan fingerprint density at radius 2 is 1.86 bits per heavy atom. The van der Waals surface area contributed by atoms with Gasteiger partial charge in [0.25, 0.3) is 0 Å². The number of anilines is 1. The number of halogens is 2. The van der Waals surface area contributed by atoms with Gasteiger partial charge < -0.3 is 14.7 Å². The number of nitrogens with zero attached hydrogens (tertiary/aromatic N) is 4. The summed E-state index contributed by atoms with van der Waals surface area (Å²) in [7, 11) is 0. The third kappa shape index (κ3) is 5.28. The molecule has 2 aromatic carbocycles. The molecule has 182 valence electrons. The third-order valence-electron chi connectivity index (χ3n) is 5.83. The molecule has 2 heterocycles. The molecule has 1 saturated heterocycles. The molecular formula is C27H28F2N4O2. The number of fused-ring (bicyclic) bond motifs is 1. The molecular weight excluding hydrogens is 450 g/mol. The van der Waals surface area contributed by atoms with E-state index in [-0.39, 0.29) is 16.8 Å². The Kier molecular flexibility index (Phi) is 7.33. The molecule has 1 fully saturated rings. The van der Waals surface area contributed by atoms with Gasteiger partial charge in [0, 0.05) is 47.6 Å². The normalized spacial score (nSPS) is 15.0. The van der Waals surface area contributed by atoms with Crippen molar-refractivity contribution in [2.45, 2.75) is 26.9 Å². The van der Waals surface area contributed by atoms with Crippen molar-refractivity contribution in [2.75, 3.05) is 31.2 Å². The average molecular weight is 479 g/mol. The number of aromatic nitrogens is 2. The average Bonchev–Trinajstić information content (AvgIpc) is 2.83. The van der Waals surface area contributed by atoms with Gasteiger partial charge in [-0.2, -0.15) is 0 Å². The molecule has 35 heavy (non-hydrogen) atoms. The highest BCUT2D eigenvalue weighted by molar-refractivity contribution is 5.94. The summed E-state index contributed by atoms with van der Waals surface area (Å²) >= 11 is 0. The molecule has 0 amide bonds. The smallest absolute Gasteiger partial charge is 0.135 e. The Labute approximate surface area is 203 Å². The predicted molar refractivity (Wildman–Crippen MR) is 135 cm³/mol. The molecule has 1 N–H and O–H groups in total. The van der Waals surface area contributed by atoms with Gasteiger partial charge in [-0.1, -0.05) is 12.2 Å². The first-order chi connectivity index (χ1) is 16.8. The second-order valence-electron chi connectivity index (χ2n) is 8.77. The molecule has 8 heteroatoms. The Morgan fingerprint density at radius 3 is 2.54 bits per heavy atom. The highest BCUT2D eigenvalue weighted by atomic mass is 19.1. The number of aliphatic hydroxyl groups is 1. The second-order valence-corrected chi connectivity index (χ2v) is 8.77. The quantitative estimate of drug-likeness (QED) is 0.482. The second kappa shape index (κ2) is 10.4. The SMILES string of the molecule is C=C(C)/C=N\C(=C(C)C)C(O)c1cc(-c2ncnc3cc(N4CCOCC4)ccc23)c(F)cc1F. The van der Waals surface area contributed by atoms with Crippen LogP contribution in [0.3, 0.4) is 0 Å². The fourth-order valence-electron chi connectivity index (χ4n) is 4.04. The Balaban J connectivity index is 1.79. The zero-order valence-corrected chi connectivity index (χ0v) is 20.1. The van der Waals surface area contributed by atoms with Gasteiger partial charge in [0.05, 0.1) is 30.1 Å². The molecule has 0 saturated carbocycles. The van der Waals surface area contributed by atoms with Crippen LogP contribution in [0.4, 0.5) is 14.5 Å². The van der Waals surface area contributed by atoms with Crippen LogP contribution in [-0.4, -0.2) is 47.6 Å². The summed E-state index contributed by atoms with van der Waals surface area (Å²) in [5, 5.41) is 11.6. The van der Waals surface area contributed by atoms with Crippen molar-refractivity contribution in [1.82, 2.24) is 9.97 Å². The lowest BCUT2D eigenvalue weighted by molar-refractivity contribution is 0.122. The Hall–Kier alpha value is -3.49. The molecule has 0 radical (unpaired) electrons. The van der Waals surface area contributed by atoms with Crippen LogP contribution in [-0.2, 0) is 4.74 Å². The molecule has 1 aliphatic rings. The highest BCUT2D eigenvalue weighted by Gasteiger charge is 2.23. The van der Waals surface area contributed by atoms with E-state index in [1.54, 1.807) is 20.8 Å². The zero-order chi connectivity index (χ0) is 25.1. The Bertz CT molecular complexity index is 1330. The van der Waals surface area contributed by atoms with Crippen LogP contribution in [0.2, 0.25) is 0 Å². The summed E-state index contributed by atoms with van der Waals surface area (Å²) in [5.41, 5.74) is 3.58. The van der Waals surface area contributed by atoms with Crippen LogP contribution < -0.4 is 4.90 Å². The molecule has 1 unspecified atom stereocenters. The molecule has 1 aromatic heterocycles. The zero-order valence-electron chi connectivity index (χ0n) is 20.1. The maximum absolute atomic E-state index is 15.0. The van der Waals surface area contributed by atoms with Crippen LogP contribution >= 0.6 is 0 Å². The lowest BCUT2D eigenvalue weighted by atomic mass is 9.97. The van der Waals surface area contributed by atoms with Crippen molar-refractivity contribution in [3.8, 4) is 11.3 Å². The van der Waals surface area contributed by atoms with Crippen molar-refractivity contribution >= 4 is 22.8 Å². The van der Waals surface area contributed by atoms with Crippen LogP contribution in [0, 0.1) is 11.6 Å². The lowest BCUT2D eigenvalue weighted by Crippen LogP contribution is -2.36. The van der Waals surface area contributed by atoms with Crippen LogP contribution in [0.25, 0.3) is 22.2 Å². The van der Waals surface area contributed by atoms with E-state index in [0.29, 0.717) is 41.0 Å². The maximum atomic E-state index is 15.0. The van der Waals surface area contributed by atoms with Crippen molar-refractivity contribution in [1.29, 1.82) is 0 Å². The number of ether oxygens (including phenoxy) is 1. The number of allylic oxidation sites excluding steroid dienone is 2. The van der Waals surface area contributed by atoms with Gasteiger partial charge in [-0.05, 0) is 50.6 Å². The van der Waals surface area contributed by atoms with Gasteiger partial charge in [-0.15, -0.1) is 0 Å². The molecule has 0 bridgehead atoms. The van der Waals surface area contributed by atoms with E-state index in [9.17, 15) is 9.50 Å². The molecule has 0 aliphatic carbocycles. The fraction of sp³-hybridized carbons (Fsp3) is 0.296. The van der Waals surface area contributed by atoms with E-state index in [1.807, 2.05) is 18.2 Å². The van der Waals surface area contributed by atoms with Gasteiger partial charge in [-0.25, -0.2) is 18.7 Å². The van der Waals surface area contributed by atoms with Crippen molar-refractivity contribution in [2.24, 2.45) is 4.99 Å². The third-order valence-corrected chi connectivity index (χ3v) is 5.83. The standard InChI is InChI=1S/C27H28F2N4O2/c1-16(2)14-30-25(17(3)4)27(34)21-12-20(22(28)13-23(21)29)26-19-6-5-18(11-24(19)31-15-32-26)33-7-9-35-10-8-33/h5-6,11-15,27,34H,1,7-10H2,2-4H3/b30-14-. The minimum absolute atomic E-state index is 0.0731. The summed E-state index contributed by atoms with van der Waals surface area (Å²) in [6.07, 6.45) is 1.46. The number of aliphatic hydroxyl groups excluding tert-OH is 1. The molecule has 1 atom stereocenters. The summed E-state index contributed by atoms with van der Waals surface area (Å²) in [6.45, 7) is 11.9.